The van der Waals surface area contributed by atoms with Crippen LogP contribution >= 0.6 is 35.4 Å². The molecule has 2 amide bonds. The monoisotopic (exact) mass is 406 g/mol. The Balaban J connectivity index is 1.95. The zero-order chi connectivity index (χ0) is 18.8. The highest BCUT2D eigenvalue weighted by atomic mass is 35.5. The number of benzene rings is 1. The molecular formula is C18H12Cl2N2O3S. The van der Waals surface area contributed by atoms with Crippen molar-refractivity contribution in [2.75, 3.05) is 6.54 Å². The van der Waals surface area contributed by atoms with Crippen LogP contribution in [-0.4, -0.2) is 28.4 Å². The molecule has 8 heteroatoms. The number of halogens is 2. The molecule has 0 saturated carbocycles. The topological polar surface area (TPSA) is 62.6 Å². The highest BCUT2D eigenvalue weighted by Crippen LogP contribution is 2.34. The summed E-state index contributed by atoms with van der Waals surface area (Å²) in [6, 6.07) is 8.48. The van der Waals surface area contributed by atoms with E-state index in [4.69, 9.17) is 39.8 Å². The second-order valence-corrected chi connectivity index (χ2v) is 6.50. The van der Waals surface area contributed by atoms with E-state index in [1.54, 1.807) is 30.3 Å². The Bertz CT molecular complexity index is 965. The summed E-state index contributed by atoms with van der Waals surface area (Å²) >= 11 is 17.2. The number of hydrogen-bond acceptors (Lipinski definition) is 4. The largest absolute Gasteiger partial charge is 0.457 e. The molecule has 1 fully saturated rings. The van der Waals surface area contributed by atoms with E-state index in [9.17, 15) is 9.59 Å². The van der Waals surface area contributed by atoms with Crippen LogP contribution in [0.5, 0.6) is 0 Å². The van der Waals surface area contributed by atoms with Crippen molar-refractivity contribution in [3.8, 4) is 11.3 Å². The Kier molecular flexibility index (Phi) is 5.27. The van der Waals surface area contributed by atoms with Crippen molar-refractivity contribution < 1.29 is 14.0 Å². The lowest BCUT2D eigenvalue weighted by Crippen LogP contribution is -2.53. The predicted molar refractivity (Wildman–Crippen MR) is 105 cm³/mol. The van der Waals surface area contributed by atoms with Gasteiger partial charge in [0.25, 0.3) is 11.8 Å². The van der Waals surface area contributed by atoms with Crippen LogP contribution in [0.1, 0.15) is 5.76 Å². The quantitative estimate of drug-likeness (QED) is 0.359. The van der Waals surface area contributed by atoms with Gasteiger partial charge in [-0.25, -0.2) is 0 Å². The SMILES string of the molecule is C=CCN1C(=O)C(=Cc2ccc(-c3cccc(Cl)c3Cl)o2)C(=O)NC1=S. The van der Waals surface area contributed by atoms with Crippen LogP contribution in [0.3, 0.4) is 0 Å². The maximum atomic E-state index is 12.5. The molecule has 2 aromatic rings. The van der Waals surface area contributed by atoms with Crippen LogP contribution in [0.2, 0.25) is 10.0 Å². The van der Waals surface area contributed by atoms with Gasteiger partial charge in [-0.05, 0) is 42.6 Å². The van der Waals surface area contributed by atoms with E-state index in [1.807, 2.05) is 0 Å². The Morgan fingerprint density at radius 3 is 2.73 bits per heavy atom. The molecular weight excluding hydrogens is 395 g/mol. The summed E-state index contributed by atoms with van der Waals surface area (Å²) in [5, 5.41) is 3.27. The number of carbonyl (C=O) groups excluding carboxylic acids is 2. The van der Waals surface area contributed by atoms with Crippen molar-refractivity contribution in [3.05, 3.63) is 64.4 Å². The van der Waals surface area contributed by atoms with Crippen LogP contribution in [0, 0.1) is 0 Å². The molecule has 3 rings (SSSR count). The number of nitrogens with one attached hydrogen (secondary N) is 1. The van der Waals surface area contributed by atoms with Gasteiger partial charge in [-0.1, -0.05) is 35.3 Å². The molecule has 1 N–H and O–H groups in total. The summed E-state index contributed by atoms with van der Waals surface area (Å²) in [7, 11) is 0. The van der Waals surface area contributed by atoms with E-state index in [2.05, 4.69) is 11.9 Å². The number of carbonyl (C=O) groups is 2. The summed E-state index contributed by atoms with van der Waals surface area (Å²) in [4.78, 5) is 25.9. The molecule has 1 aromatic heterocycles. The Labute approximate surface area is 164 Å². The Morgan fingerprint density at radius 2 is 2.00 bits per heavy atom. The maximum absolute atomic E-state index is 12.5. The number of nitrogens with zero attached hydrogens (tertiary/aromatic N) is 1. The Hall–Kier alpha value is -2.41. The van der Waals surface area contributed by atoms with Crippen LogP contribution in [-0.2, 0) is 9.59 Å². The van der Waals surface area contributed by atoms with E-state index < -0.39 is 11.8 Å². The van der Waals surface area contributed by atoms with E-state index >= 15 is 0 Å². The molecule has 1 aliphatic heterocycles. The first-order valence-electron chi connectivity index (χ1n) is 7.46. The average molecular weight is 407 g/mol. The molecule has 0 unspecified atom stereocenters. The van der Waals surface area contributed by atoms with Crippen molar-refractivity contribution in [3.63, 3.8) is 0 Å². The van der Waals surface area contributed by atoms with Crippen LogP contribution < -0.4 is 5.32 Å². The lowest BCUT2D eigenvalue weighted by atomic mass is 10.1. The van der Waals surface area contributed by atoms with Gasteiger partial charge in [0.15, 0.2) is 5.11 Å². The first-order valence-corrected chi connectivity index (χ1v) is 8.62. The third-order valence-corrected chi connectivity index (χ3v) is 4.77. The fourth-order valence-corrected chi connectivity index (χ4v) is 3.04. The molecule has 1 saturated heterocycles. The van der Waals surface area contributed by atoms with Gasteiger partial charge in [0.2, 0.25) is 0 Å². The Morgan fingerprint density at radius 1 is 1.23 bits per heavy atom. The molecule has 132 valence electrons. The van der Waals surface area contributed by atoms with E-state index in [-0.39, 0.29) is 17.2 Å². The fraction of sp³-hybridized carbons (Fsp3) is 0.0556. The van der Waals surface area contributed by atoms with Gasteiger partial charge in [0.05, 0.1) is 10.0 Å². The minimum absolute atomic E-state index is 0.0443. The minimum atomic E-state index is -0.584. The molecule has 0 spiro atoms. The molecule has 0 bridgehead atoms. The second kappa shape index (κ2) is 7.45. The number of amides is 2. The van der Waals surface area contributed by atoms with Gasteiger partial charge >= 0.3 is 0 Å². The van der Waals surface area contributed by atoms with Crippen molar-refractivity contribution in [1.82, 2.24) is 10.2 Å². The van der Waals surface area contributed by atoms with Crippen molar-refractivity contribution in [2.24, 2.45) is 0 Å². The number of rotatable bonds is 4. The van der Waals surface area contributed by atoms with Gasteiger partial charge in [-0.2, -0.15) is 0 Å². The summed E-state index contributed by atoms with van der Waals surface area (Å²) in [6.45, 7) is 3.77. The maximum Gasteiger partial charge on any atom is 0.266 e. The molecule has 1 aliphatic rings. The van der Waals surface area contributed by atoms with Gasteiger partial charge < -0.3 is 4.42 Å². The summed E-state index contributed by atoms with van der Waals surface area (Å²) < 4.78 is 5.70. The third-order valence-electron chi connectivity index (χ3n) is 3.63. The van der Waals surface area contributed by atoms with Crippen molar-refractivity contribution >= 4 is 58.4 Å². The molecule has 2 heterocycles. The highest BCUT2D eigenvalue weighted by Gasteiger charge is 2.32. The average Bonchev–Trinajstić information content (AvgIpc) is 3.06. The lowest BCUT2D eigenvalue weighted by Gasteiger charge is -2.27. The molecule has 0 radical (unpaired) electrons. The van der Waals surface area contributed by atoms with E-state index in [0.29, 0.717) is 27.1 Å². The standard InChI is InChI=1S/C18H12Cl2N2O3S/c1-2-8-22-17(24)12(16(23)21-18(22)26)9-10-6-7-14(25-10)11-4-3-5-13(19)15(11)20/h2-7,9H,1,8H2,(H,21,23,26). The second-order valence-electron chi connectivity index (χ2n) is 5.33. The minimum Gasteiger partial charge on any atom is -0.457 e. The highest BCUT2D eigenvalue weighted by molar-refractivity contribution is 7.80. The third kappa shape index (κ3) is 3.44. The predicted octanol–water partition coefficient (Wildman–Crippen LogP) is 4.07. The summed E-state index contributed by atoms with van der Waals surface area (Å²) in [5.41, 5.74) is 0.524. The summed E-state index contributed by atoms with van der Waals surface area (Å²) in [6.07, 6.45) is 2.88. The first kappa shape index (κ1) is 18.4. The fourth-order valence-electron chi connectivity index (χ4n) is 2.40. The molecule has 5 nitrogen and oxygen atoms in total. The molecule has 26 heavy (non-hydrogen) atoms. The van der Waals surface area contributed by atoms with Gasteiger partial charge in [0.1, 0.15) is 17.1 Å². The smallest absolute Gasteiger partial charge is 0.266 e. The van der Waals surface area contributed by atoms with E-state index in [1.165, 1.54) is 17.1 Å². The van der Waals surface area contributed by atoms with Gasteiger partial charge in [0, 0.05) is 12.1 Å². The number of thiocarbonyl (C=S) groups is 1. The normalized spacial score (nSPS) is 16.2. The van der Waals surface area contributed by atoms with Crippen molar-refractivity contribution in [1.29, 1.82) is 0 Å². The number of hydrogen-bond donors (Lipinski definition) is 1. The van der Waals surface area contributed by atoms with Gasteiger partial charge in [-0.15, -0.1) is 6.58 Å². The van der Waals surface area contributed by atoms with Crippen LogP contribution in [0.4, 0.5) is 0 Å². The molecule has 1 aromatic carbocycles. The molecule has 0 aliphatic carbocycles. The first-order chi connectivity index (χ1) is 12.4. The lowest BCUT2D eigenvalue weighted by molar-refractivity contribution is -0.128. The number of furan rings is 1. The summed E-state index contributed by atoms with van der Waals surface area (Å²) in [5.74, 6) is -0.316. The van der Waals surface area contributed by atoms with Crippen LogP contribution in [0.25, 0.3) is 17.4 Å². The van der Waals surface area contributed by atoms with Crippen LogP contribution in [0.15, 0.2) is 53.0 Å². The van der Waals surface area contributed by atoms with Crippen molar-refractivity contribution in [2.45, 2.75) is 0 Å². The molecule has 0 atom stereocenters. The zero-order valence-electron chi connectivity index (χ0n) is 13.3. The van der Waals surface area contributed by atoms with E-state index in [0.717, 1.165) is 0 Å². The zero-order valence-corrected chi connectivity index (χ0v) is 15.6. The van der Waals surface area contributed by atoms with Gasteiger partial charge in [-0.3, -0.25) is 19.8 Å².